The van der Waals surface area contributed by atoms with Crippen molar-refractivity contribution in [3.8, 4) is 0 Å². The second-order valence-corrected chi connectivity index (χ2v) is 3.62. The van der Waals surface area contributed by atoms with Crippen molar-refractivity contribution in [2.75, 3.05) is 0 Å². The highest BCUT2D eigenvalue weighted by Crippen LogP contribution is 2.30. The van der Waals surface area contributed by atoms with E-state index >= 15 is 0 Å². The smallest absolute Gasteiger partial charge is 0.203 e. The van der Waals surface area contributed by atoms with Crippen molar-refractivity contribution < 1.29 is 22.0 Å². The molecule has 0 aliphatic carbocycles. The van der Waals surface area contributed by atoms with Gasteiger partial charge in [-0.15, -0.1) is 0 Å². The summed E-state index contributed by atoms with van der Waals surface area (Å²) in [6.45, 7) is 0. The van der Waals surface area contributed by atoms with E-state index in [0.717, 1.165) is 12.1 Å². The summed E-state index contributed by atoms with van der Waals surface area (Å²) in [4.78, 5) is 0. The normalized spacial score (nSPS) is 12.1. The minimum atomic E-state index is -2.90. The Morgan fingerprint density at radius 1 is 0.812 bits per heavy atom. The van der Waals surface area contributed by atoms with Crippen LogP contribution in [0.2, 0.25) is 0 Å². The van der Waals surface area contributed by atoms with E-state index in [-0.39, 0.29) is 5.56 Å². The summed E-state index contributed by atoms with van der Waals surface area (Å²) in [7, 11) is 0. The number of allylic oxidation sites excluding steroid dienone is 2. The molecule has 1 rings (SSSR count). The van der Waals surface area contributed by atoms with Gasteiger partial charge in [-0.2, -0.15) is 13.2 Å². The van der Waals surface area contributed by atoms with Crippen LogP contribution in [-0.2, 0) is 0 Å². The van der Waals surface area contributed by atoms with Crippen LogP contribution in [0.15, 0.2) is 46.5 Å². The van der Waals surface area contributed by atoms with E-state index < -0.39 is 23.6 Å². The maximum absolute atomic E-state index is 13.2. The van der Waals surface area contributed by atoms with Crippen molar-refractivity contribution in [3.05, 3.63) is 52.0 Å². The molecule has 0 spiro atoms. The van der Waals surface area contributed by atoms with E-state index in [9.17, 15) is 22.0 Å². The summed E-state index contributed by atoms with van der Waals surface area (Å²) in [6, 6.07) is 5.00. The molecule has 0 aromatic heterocycles. The third kappa shape index (κ3) is 2.91. The molecule has 0 bridgehead atoms. The molecule has 86 valence electrons. The molecule has 0 nitrogen and oxygen atoms in total. The van der Waals surface area contributed by atoms with Gasteiger partial charge in [0.05, 0.1) is 0 Å². The number of hydrogen-bond acceptors (Lipinski definition) is 0. The lowest BCUT2D eigenvalue weighted by atomic mass is 10.2. The molecule has 0 radical (unpaired) electrons. The molecule has 0 saturated carbocycles. The Bertz CT molecular complexity index is 443. The van der Waals surface area contributed by atoms with Gasteiger partial charge in [-0.05, 0) is 12.1 Å². The molecule has 0 N–H and O–H groups in total. The highest BCUT2D eigenvalue weighted by atomic mass is 79.9. The van der Waals surface area contributed by atoms with Crippen LogP contribution in [0, 0.1) is 0 Å². The molecule has 1 aromatic carbocycles. The Hall–Kier alpha value is -1.17. The first-order valence-electron chi connectivity index (χ1n) is 3.96. The van der Waals surface area contributed by atoms with Crippen LogP contribution < -0.4 is 0 Å². The fraction of sp³-hybridized carbons (Fsp3) is 0. The molecular weight excluding hydrogens is 295 g/mol. The molecule has 0 heterocycles. The molecule has 0 aliphatic rings. The minimum absolute atomic E-state index is 0.322. The molecule has 16 heavy (non-hydrogen) atoms. The van der Waals surface area contributed by atoms with Gasteiger partial charge in [-0.25, -0.2) is 8.78 Å². The predicted octanol–water partition coefficient (Wildman–Crippen LogP) is 5.13. The summed E-state index contributed by atoms with van der Waals surface area (Å²) in [5.74, 6) is -6.36. The van der Waals surface area contributed by atoms with Crippen molar-refractivity contribution in [1.82, 2.24) is 0 Å². The van der Waals surface area contributed by atoms with E-state index in [2.05, 4.69) is 15.9 Å². The topological polar surface area (TPSA) is 0 Å². The standard InChI is InChI=1S/C10H4BrF5/c11-6-3-1-5(2-4-6)7(12)8(13)9(14)10(15)16/h1-4H/b8-7+. The zero-order valence-corrected chi connectivity index (χ0v) is 9.16. The summed E-state index contributed by atoms with van der Waals surface area (Å²) < 4.78 is 62.3. The van der Waals surface area contributed by atoms with E-state index in [1.807, 2.05) is 0 Å². The second-order valence-electron chi connectivity index (χ2n) is 2.71. The van der Waals surface area contributed by atoms with Crippen molar-refractivity contribution in [3.63, 3.8) is 0 Å². The van der Waals surface area contributed by atoms with Crippen LogP contribution in [-0.4, -0.2) is 0 Å². The molecule has 0 amide bonds. The first kappa shape index (κ1) is 12.9. The maximum atomic E-state index is 13.2. The lowest BCUT2D eigenvalue weighted by Crippen LogP contribution is -1.85. The van der Waals surface area contributed by atoms with Gasteiger partial charge in [0.25, 0.3) is 0 Å². The summed E-state index contributed by atoms with van der Waals surface area (Å²) in [5, 5.41) is 0. The average molecular weight is 299 g/mol. The van der Waals surface area contributed by atoms with Gasteiger partial charge in [-0.3, -0.25) is 0 Å². The molecule has 0 fully saturated rings. The van der Waals surface area contributed by atoms with E-state index in [1.54, 1.807) is 0 Å². The molecule has 1 aromatic rings. The monoisotopic (exact) mass is 298 g/mol. The first-order valence-corrected chi connectivity index (χ1v) is 4.75. The van der Waals surface area contributed by atoms with E-state index in [1.165, 1.54) is 12.1 Å². The Balaban J connectivity index is 3.19. The quantitative estimate of drug-likeness (QED) is 0.524. The summed E-state index contributed by atoms with van der Waals surface area (Å²) in [6.07, 6.45) is -2.90. The number of rotatable bonds is 2. The first-order chi connectivity index (χ1) is 7.43. The van der Waals surface area contributed by atoms with E-state index in [4.69, 9.17) is 0 Å². The molecule has 0 aliphatic heterocycles. The van der Waals surface area contributed by atoms with Crippen LogP contribution in [0.25, 0.3) is 5.83 Å². The number of hydrogen-bond donors (Lipinski definition) is 0. The average Bonchev–Trinajstić information content (AvgIpc) is 2.27. The van der Waals surface area contributed by atoms with Gasteiger partial charge in [0.1, 0.15) is 0 Å². The highest BCUT2D eigenvalue weighted by molar-refractivity contribution is 9.10. The van der Waals surface area contributed by atoms with Gasteiger partial charge in [0.2, 0.25) is 11.7 Å². The Kier molecular flexibility index (Phi) is 4.23. The fourth-order valence-electron chi connectivity index (χ4n) is 0.902. The molecule has 0 atom stereocenters. The minimum Gasteiger partial charge on any atom is -0.203 e. The zero-order chi connectivity index (χ0) is 12.3. The van der Waals surface area contributed by atoms with Gasteiger partial charge in [0.15, 0.2) is 5.83 Å². The Morgan fingerprint density at radius 3 is 1.75 bits per heavy atom. The lowest BCUT2D eigenvalue weighted by Gasteiger charge is -1.99. The number of benzene rings is 1. The van der Waals surface area contributed by atoms with Crippen molar-refractivity contribution in [2.45, 2.75) is 0 Å². The van der Waals surface area contributed by atoms with Gasteiger partial charge >= 0.3 is 6.08 Å². The second kappa shape index (κ2) is 5.25. The molecule has 6 heteroatoms. The highest BCUT2D eigenvalue weighted by Gasteiger charge is 2.18. The van der Waals surface area contributed by atoms with Crippen molar-refractivity contribution >= 4 is 21.8 Å². The Labute approximate surface area is 96.2 Å². The van der Waals surface area contributed by atoms with Crippen LogP contribution in [0.3, 0.4) is 0 Å². The van der Waals surface area contributed by atoms with Crippen LogP contribution in [0.4, 0.5) is 22.0 Å². The summed E-state index contributed by atoms with van der Waals surface area (Å²) >= 11 is 3.05. The van der Waals surface area contributed by atoms with Crippen LogP contribution in [0.5, 0.6) is 0 Å². The number of halogens is 6. The van der Waals surface area contributed by atoms with Crippen molar-refractivity contribution in [2.24, 2.45) is 0 Å². The third-order valence-corrected chi connectivity index (χ3v) is 2.18. The Morgan fingerprint density at radius 2 is 1.31 bits per heavy atom. The lowest BCUT2D eigenvalue weighted by molar-refractivity contribution is 0.370. The van der Waals surface area contributed by atoms with Gasteiger partial charge < -0.3 is 0 Å². The molecule has 0 unspecified atom stereocenters. The fourth-order valence-corrected chi connectivity index (χ4v) is 1.17. The van der Waals surface area contributed by atoms with Gasteiger partial charge in [-0.1, -0.05) is 28.1 Å². The summed E-state index contributed by atoms with van der Waals surface area (Å²) in [5.41, 5.74) is -0.322. The van der Waals surface area contributed by atoms with E-state index in [0.29, 0.717) is 4.47 Å². The largest absolute Gasteiger partial charge is 0.308 e. The molecular formula is C10H4BrF5. The third-order valence-electron chi connectivity index (χ3n) is 1.65. The van der Waals surface area contributed by atoms with Crippen LogP contribution in [0.1, 0.15) is 5.56 Å². The van der Waals surface area contributed by atoms with Crippen molar-refractivity contribution in [1.29, 1.82) is 0 Å². The predicted molar refractivity (Wildman–Crippen MR) is 53.6 cm³/mol. The SMILES string of the molecule is FC(F)=C(F)/C(F)=C(\F)c1ccc(Br)cc1. The zero-order valence-electron chi connectivity index (χ0n) is 7.58. The maximum Gasteiger partial charge on any atom is 0.308 e. The van der Waals surface area contributed by atoms with Crippen LogP contribution >= 0.6 is 15.9 Å². The van der Waals surface area contributed by atoms with Gasteiger partial charge in [0, 0.05) is 10.0 Å². The molecule has 0 saturated heterocycles.